The zero-order chi connectivity index (χ0) is 23.7. The zero-order valence-corrected chi connectivity index (χ0v) is 18.0. The molecule has 0 aliphatic carbocycles. The number of nitrogens with one attached hydrogen (secondary N) is 4. The summed E-state index contributed by atoms with van der Waals surface area (Å²) in [7, 11) is 0. The van der Waals surface area contributed by atoms with Gasteiger partial charge in [-0.25, -0.2) is 0 Å². The number of nitrogens with zero attached hydrogens (tertiary/aromatic N) is 1. The molecule has 0 unspecified atom stereocenters. The molecular formula is C24H21N5O5. The van der Waals surface area contributed by atoms with Crippen molar-refractivity contribution in [1.29, 1.82) is 0 Å². The van der Waals surface area contributed by atoms with Crippen LogP contribution in [0.25, 0.3) is 22.4 Å². The van der Waals surface area contributed by atoms with Gasteiger partial charge >= 0.3 is 11.1 Å². The molecule has 1 saturated heterocycles. The first-order chi connectivity index (χ1) is 16.5. The molecule has 10 heteroatoms. The molecule has 0 bridgehead atoms. The first kappa shape index (κ1) is 21.4. The van der Waals surface area contributed by atoms with Gasteiger partial charge < -0.3 is 29.9 Å². The molecule has 2 amide bonds. The maximum Gasteiger partial charge on any atom is 0.314 e. The zero-order valence-electron chi connectivity index (χ0n) is 18.0. The van der Waals surface area contributed by atoms with Crippen molar-refractivity contribution >= 4 is 28.5 Å². The molecule has 2 aromatic heterocycles. The Kier molecular flexibility index (Phi) is 5.56. The number of aromatic amines is 2. The van der Waals surface area contributed by atoms with Gasteiger partial charge in [0.25, 0.3) is 11.8 Å². The molecule has 2 aromatic carbocycles. The van der Waals surface area contributed by atoms with E-state index in [0.717, 1.165) is 13.1 Å². The van der Waals surface area contributed by atoms with Gasteiger partial charge in [-0.1, -0.05) is 12.1 Å². The number of rotatable bonds is 4. The quantitative estimate of drug-likeness (QED) is 0.343. The fraction of sp³-hybridized carbons (Fsp3) is 0.167. The van der Waals surface area contributed by atoms with Crippen LogP contribution >= 0.6 is 0 Å². The van der Waals surface area contributed by atoms with Gasteiger partial charge in [0.15, 0.2) is 5.76 Å². The van der Waals surface area contributed by atoms with Crippen LogP contribution in [0.4, 0.5) is 5.69 Å². The average Bonchev–Trinajstić information content (AvgIpc) is 3.35. The van der Waals surface area contributed by atoms with Gasteiger partial charge in [-0.3, -0.25) is 19.2 Å². The van der Waals surface area contributed by atoms with E-state index in [1.54, 1.807) is 47.4 Å². The smallest absolute Gasteiger partial charge is 0.314 e. The molecule has 3 heterocycles. The van der Waals surface area contributed by atoms with Crippen molar-refractivity contribution in [2.75, 3.05) is 31.5 Å². The van der Waals surface area contributed by atoms with Crippen molar-refractivity contribution in [3.8, 4) is 11.3 Å². The number of hydrogen-bond acceptors (Lipinski definition) is 6. The van der Waals surface area contributed by atoms with Crippen molar-refractivity contribution < 1.29 is 14.0 Å². The number of anilines is 1. The summed E-state index contributed by atoms with van der Waals surface area (Å²) in [5.74, 6) is 0.254. The van der Waals surface area contributed by atoms with Gasteiger partial charge in [0.05, 0.1) is 11.0 Å². The van der Waals surface area contributed by atoms with Gasteiger partial charge in [0, 0.05) is 43.0 Å². The Balaban J connectivity index is 1.34. The lowest BCUT2D eigenvalue weighted by atomic mass is 10.1. The molecule has 1 aliphatic rings. The molecule has 4 N–H and O–H groups in total. The summed E-state index contributed by atoms with van der Waals surface area (Å²) in [5, 5.41) is 6.02. The van der Waals surface area contributed by atoms with Crippen LogP contribution < -0.4 is 21.8 Å². The number of carbonyl (C=O) groups excluding carboxylic acids is 2. The van der Waals surface area contributed by atoms with Crippen LogP contribution in [0.2, 0.25) is 0 Å². The molecule has 5 rings (SSSR count). The number of furan rings is 1. The highest BCUT2D eigenvalue weighted by Crippen LogP contribution is 2.26. The van der Waals surface area contributed by atoms with Crippen molar-refractivity contribution in [2.24, 2.45) is 0 Å². The second-order valence-electron chi connectivity index (χ2n) is 7.91. The van der Waals surface area contributed by atoms with E-state index in [4.69, 9.17) is 4.42 Å². The van der Waals surface area contributed by atoms with Crippen molar-refractivity contribution in [2.45, 2.75) is 0 Å². The number of aromatic nitrogens is 2. The third kappa shape index (κ3) is 4.26. The molecule has 0 radical (unpaired) electrons. The number of benzene rings is 2. The van der Waals surface area contributed by atoms with Gasteiger partial charge in [0.1, 0.15) is 5.76 Å². The van der Waals surface area contributed by atoms with Crippen LogP contribution in [0, 0.1) is 0 Å². The summed E-state index contributed by atoms with van der Waals surface area (Å²) in [4.78, 5) is 55.1. The monoisotopic (exact) mass is 459 g/mol. The average molecular weight is 459 g/mol. The van der Waals surface area contributed by atoms with E-state index < -0.39 is 11.1 Å². The summed E-state index contributed by atoms with van der Waals surface area (Å²) < 4.78 is 5.81. The third-order valence-corrected chi connectivity index (χ3v) is 5.61. The Hall–Kier alpha value is -4.44. The molecule has 1 aliphatic heterocycles. The van der Waals surface area contributed by atoms with Gasteiger partial charge in [0.2, 0.25) is 0 Å². The lowest BCUT2D eigenvalue weighted by molar-refractivity contribution is 0.0704. The maximum absolute atomic E-state index is 12.8. The normalized spacial score (nSPS) is 13.7. The summed E-state index contributed by atoms with van der Waals surface area (Å²) in [6.07, 6.45) is 0. The molecule has 0 atom stereocenters. The Bertz CT molecular complexity index is 1510. The minimum absolute atomic E-state index is 0.145. The lowest BCUT2D eigenvalue weighted by Crippen LogP contribution is -2.46. The van der Waals surface area contributed by atoms with Crippen LogP contribution in [0.5, 0.6) is 0 Å². The van der Waals surface area contributed by atoms with Crippen molar-refractivity contribution in [3.05, 3.63) is 86.6 Å². The molecule has 172 valence electrons. The molecule has 1 fully saturated rings. The SMILES string of the molecule is O=C(Nc1cccc(-c2ccc(C(=O)N3CCNCC3)o2)c1)c1ccc2[nH]c(=O)c(=O)[nH]c2c1. The molecule has 34 heavy (non-hydrogen) atoms. The highest BCUT2D eigenvalue weighted by atomic mass is 16.4. The number of amides is 2. The fourth-order valence-corrected chi connectivity index (χ4v) is 3.84. The first-order valence-electron chi connectivity index (χ1n) is 10.8. The molecule has 0 spiro atoms. The fourth-order valence-electron chi connectivity index (χ4n) is 3.84. The maximum atomic E-state index is 12.8. The van der Waals surface area contributed by atoms with Crippen LogP contribution in [0.15, 0.2) is 68.6 Å². The topological polar surface area (TPSA) is 140 Å². The van der Waals surface area contributed by atoms with E-state index in [1.165, 1.54) is 6.07 Å². The Morgan fingerprint density at radius 1 is 0.882 bits per heavy atom. The van der Waals surface area contributed by atoms with Crippen LogP contribution in [0.3, 0.4) is 0 Å². The Labute approximate surface area is 192 Å². The van der Waals surface area contributed by atoms with E-state index in [9.17, 15) is 19.2 Å². The number of piperazine rings is 1. The van der Waals surface area contributed by atoms with E-state index in [1.807, 2.05) is 6.07 Å². The van der Waals surface area contributed by atoms with E-state index in [0.29, 0.717) is 46.7 Å². The molecule has 10 nitrogen and oxygen atoms in total. The summed E-state index contributed by atoms with van der Waals surface area (Å²) >= 11 is 0. The number of carbonyl (C=O) groups is 2. The first-order valence-corrected chi connectivity index (χ1v) is 10.8. The van der Waals surface area contributed by atoms with Gasteiger partial charge in [-0.2, -0.15) is 0 Å². The molecule has 4 aromatic rings. The number of fused-ring (bicyclic) bond motifs is 1. The molecule has 0 saturated carbocycles. The van der Waals surface area contributed by atoms with E-state index in [-0.39, 0.29) is 17.6 Å². The predicted molar refractivity (Wildman–Crippen MR) is 126 cm³/mol. The molecular weight excluding hydrogens is 438 g/mol. The van der Waals surface area contributed by atoms with Crippen LogP contribution in [-0.2, 0) is 0 Å². The lowest BCUT2D eigenvalue weighted by Gasteiger charge is -2.26. The van der Waals surface area contributed by atoms with Gasteiger partial charge in [-0.05, 0) is 42.5 Å². The van der Waals surface area contributed by atoms with Gasteiger partial charge in [-0.15, -0.1) is 0 Å². The van der Waals surface area contributed by atoms with E-state index in [2.05, 4.69) is 20.6 Å². The highest BCUT2D eigenvalue weighted by molar-refractivity contribution is 6.06. The van der Waals surface area contributed by atoms with E-state index >= 15 is 0 Å². The number of hydrogen-bond donors (Lipinski definition) is 4. The summed E-state index contributed by atoms with van der Waals surface area (Å²) in [6.45, 7) is 2.78. The van der Waals surface area contributed by atoms with Crippen molar-refractivity contribution in [3.63, 3.8) is 0 Å². The Morgan fingerprint density at radius 3 is 2.44 bits per heavy atom. The number of H-pyrrole nitrogens is 2. The summed E-state index contributed by atoms with van der Waals surface area (Å²) in [6, 6.07) is 15.1. The largest absolute Gasteiger partial charge is 0.451 e. The Morgan fingerprint density at radius 2 is 1.65 bits per heavy atom. The second-order valence-corrected chi connectivity index (χ2v) is 7.91. The summed E-state index contributed by atoms with van der Waals surface area (Å²) in [5.41, 5.74) is 0.780. The minimum atomic E-state index is -0.786. The van der Waals surface area contributed by atoms with Crippen LogP contribution in [0.1, 0.15) is 20.9 Å². The highest BCUT2D eigenvalue weighted by Gasteiger charge is 2.21. The third-order valence-electron chi connectivity index (χ3n) is 5.61. The van der Waals surface area contributed by atoms with Crippen LogP contribution in [-0.4, -0.2) is 52.9 Å². The predicted octanol–water partition coefficient (Wildman–Crippen LogP) is 1.77. The standard InChI is InChI=1S/C24H21N5O5/c30-21(15-4-5-17-18(13-15)28-23(32)22(31)27-17)26-16-3-1-2-14(12-16)19-6-7-20(34-19)24(33)29-10-8-25-9-11-29/h1-7,12-13,25H,8-11H2,(H,26,30)(H,27,31)(H,28,32). The van der Waals surface area contributed by atoms with Crippen molar-refractivity contribution in [1.82, 2.24) is 20.2 Å². The minimum Gasteiger partial charge on any atom is -0.451 e. The second kappa shape index (κ2) is 8.83.